The van der Waals surface area contributed by atoms with Gasteiger partial charge in [-0.15, -0.1) is 0 Å². The summed E-state index contributed by atoms with van der Waals surface area (Å²) in [6.45, 7) is 8.29. The lowest BCUT2D eigenvalue weighted by atomic mass is 10.2. The zero-order chi connectivity index (χ0) is 23.0. The van der Waals surface area contributed by atoms with Crippen molar-refractivity contribution in [1.82, 2.24) is 14.1 Å². The summed E-state index contributed by atoms with van der Waals surface area (Å²) in [4.78, 5) is 29.8. The van der Waals surface area contributed by atoms with Crippen molar-refractivity contribution < 1.29 is 10.6 Å². The van der Waals surface area contributed by atoms with Crippen LogP contribution in [0.1, 0.15) is 40.7 Å². The zero-order valence-electron chi connectivity index (χ0n) is 18.8. The first-order chi connectivity index (χ1) is 15.2. The minimum atomic E-state index is -0.580. The topological polar surface area (TPSA) is 78.2 Å². The molecule has 1 heterocycles. The summed E-state index contributed by atoms with van der Waals surface area (Å²) in [7, 11) is 0. The first-order valence-electron chi connectivity index (χ1n) is 11.0. The largest absolute Gasteiger partial charge is 0.491 e. The van der Waals surface area contributed by atoms with E-state index in [1.807, 2.05) is 19.9 Å². The van der Waals surface area contributed by atoms with Crippen LogP contribution in [0.25, 0.3) is 0 Å². The summed E-state index contributed by atoms with van der Waals surface area (Å²) in [6, 6.07) is 5.62. The summed E-state index contributed by atoms with van der Waals surface area (Å²) in [6.07, 6.45) is 6.43. The van der Waals surface area contributed by atoms with Crippen molar-refractivity contribution in [2.75, 3.05) is 11.9 Å². The van der Waals surface area contributed by atoms with Crippen LogP contribution in [0.15, 0.2) is 57.8 Å². The minimum Gasteiger partial charge on any atom is -0.491 e. The molecule has 1 N–H and O–H groups in total. The Hall–Kier alpha value is -3.16. The molecule has 7 nitrogen and oxygen atoms in total. The Morgan fingerprint density at radius 3 is 2.53 bits per heavy atom. The fraction of sp³-hybridized carbons (Fsp3) is 0.458. The summed E-state index contributed by atoms with van der Waals surface area (Å²) < 4.78 is 21.7. The van der Waals surface area contributed by atoms with E-state index in [-0.39, 0.29) is 31.9 Å². The highest BCUT2D eigenvalue weighted by molar-refractivity contribution is 5.33. The van der Waals surface area contributed by atoms with Crippen molar-refractivity contribution in [2.45, 2.75) is 46.4 Å². The maximum Gasteiger partial charge on any atom is 0.355 e. The number of benzene rings is 1. The van der Waals surface area contributed by atoms with Crippen LogP contribution in [-0.4, -0.2) is 26.8 Å². The Bertz CT molecular complexity index is 1170. The number of hydrogen-bond donors (Lipinski definition) is 1. The first kappa shape index (κ1) is 22.0. The van der Waals surface area contributed by atoms with Gasteiger partial charge in [0.25, 0.3) is 0 Å². The molecule has 4 rings (SSSR count). The standard InChI is InChI=1S/C24H29FN4O3.H2/c1-14(2)29-23(30)27-22(28(24(29)31)13-16-5-7-17(25)8-6-16)26-12-21-19-10-9-18(11-20(19)21)32-15(3)4;/h5-11,14-15,19-21H,12-13H2,1-4H3,(H,26,27,30);1H. The van der Waals surface area contributed by atoms with E-state index in [4.69, 9.17) is 4.74 Å². The maximum atomic E-state index is 13.3. The van der Waals surface area contributed by atoms with Gasteiger partial charge in [0.05, 0.1) is 12.6 Å². The molecule has 1 aromatic heterocycles. The highest BCUT2D eigenvalue weighted by Crippen LogP contribution is 2.51. The number of rotatable bonds is 8. The van der Waals surface area contributed by atoms with E-state index in [0.29, 0.717) is 24.3 Å². The number of allylic oxidation sites excluding steroid dienone is 3. The summed E-state index contributed by atoms with van der Waals surface area (Å²) in [5.74, 6) is 1.89. The normalized spacial score (nSPS) is 21.5. The van der Waals surface area contributed by atoms with E-state index < -0.39 is 11.4 Å². The zero-order valence-corrected chi connectivity index (χ0v) is 18.8. The average molecular weight is 443 g/mol. The predicted molar refractivity (Wildman–Crippen MR) is 123 cm³/mol. The van der Waals surface area contributed by atoms with E-state index in [0.717, 1.165) is 15.9 Å². The number of anilines is 1. The highest BCUT2D eigenvalue weighted by atomic mass is 19.1. The van der Waals surface area contributed by atoms with Crippen molar-refractivity contribution in [1.29, 1.82) is 0 Å². The van der Waals surface area contributed by atoms with Gasteiger partial charge in [-0.3, -0.25) is 4.57 Å². The molecule has 0 bridgehead atoms. The fourth-order valence-corrected chi connectivity index (χ4v) is 4.22. The van der Waals surface area contributed by atoms with Crippen LogP contribution in [-0.2, 0) is 11.3 Å². The van der Waals surface area contributed by atoms with Gasteiger partial charge in [0, 0.05) is 14.0 Å². The van der Waals surface area contributed by atoms with E-state index in [1.54, 1.807) is 26.0 Å². The van der Waals surface area contributed by atoms with Gasteiger partial charge < -0.3 is 10.1 Å². The molecule has 32 heavy (non-hydrogen) atoms. The second-order valence-electron chi connectivity index (χ2n) is 8.97. The molecule has 0 radical (unpaired) electrons. The molecule has 0 amide bonds. The van der Waals surface area contributed by atoms with Crippen molar-refractivity contribution >= 4 is 5.95 Å². The maximum absolute atomic E-state index is 13.3. The first-order valence-corrected chi connectivity index (χ1v) is 11.0. The summed E-state index contributed by atoms with van der Waals surface area (Å²) >= 11 is 0. The monoisotopic (exact) mass is 442 g/mol. The lowest BCUT2D eigenvalue weighted by Gasteiger charge is -2.17. The van der Waals surface area contributed by atoms with Gasteiger partial charge >= 0.3 is 11.4 Å². The van der Waals surface area contributed by atoms with Crippen LogP contribution in [0.3, 0.4) is 0 Å². The Morgan fingerprint density at radius 2 is 1.88 bits per heavy atom. The van der Waals surface area contributed by atoms with Gasteiger partial charge in [-0.05, 0) is 75.3 Å². The molecule has 0 spiro atoms. The van der Waals surface area contributed by atoms with Crippen LogP contribution < -0.4 is 16.7 Å². The Labute approximate surface area is 187 Å². The summed E-state index contributed by atoms with van der Waals surface area (Å²) in [5, 5.41) is 3.23. The Morgan fingerprint density at radius 1 is 1.16 bits per heavy atom. The third kappa shape index (κ3) is 4.54. The van der Waals surface area contributed by atoms with Gasteiger partial charge in [0.15, 0.2) is 0 Å². The molecule has 3 unspecified atom stereocenters. The predicted octanol–water partition coefficient (Wildman–Crippen LogP) is 3.57. The SMILES string of the molecule is CC(C)OC1=CC2C(C=C1)C2CNc1nc(=O)n(C(C)C)c(=O)n1Cc1ccc(F)cc1.[HH]. The van der Waals surface area contributed by atoms with Crippen LogP contribution in [0.2, 0.25) is 0 Å². The van der Waals surface area contributed by atoms with Gasteiger partial charge in [0.1, 0.15) is 11.6 Å². The van der Waals surface area contributed by atoms with Crippen molar-refractivity contribution in [3.8, 4) is 0 Å². The number of nitrogens with zero attached hydrogens (tertiary/aromatic N) is 3. The molecular formula is C24H31FN4O3. The highest BCUT2D eigenvalue weighted by Gasteiger charge is 2.48. The average Bonchev–Trinajstić information content (AvgIpc) is 3.41. The summed E-state index contributed by atoms with van der Waals surface area (Å²) in [5.41, 5.74) is -0.273. The molecule has 0 saturated heterocycles. The smallest absolute Gasteiger partial charge is 0.355 e. The van der Waals surface area contributed by atoms with Crippen molar-refractivity contribution in [3.63, 3.8) is 0 Å². The molecular weight excluding hydrogens is 411 g/mol. The number of hydrogen-bond acceptors (Lipinski definition) is 5. The number of ether oxygens (including phenoxy) is 1. The molecule has 1 fully saturated rings. The minimum absolute atomic E-state index is 0. The molecule has 1 saturated carbocycles. The van der Waals surface area contributed by atoms with E-state index in [1.165, 1.54) is 16.7 Å². The van der Waals surface area contributed by atoms with E-state index in [2.05, 4.69) is 22.5 Å². The fourth-order valence-electron chi connectivity index (χ4n) is 4.22. The van der Waals surface area contributed by atoms with Gasteiger partial charge in [-0.25, -0.2) is 18.5 Å². The van der Waals surface area contributed by atoms with Gasteiger partial charge in [-0.2, -0.15) is 4.98 Å². The molecule has 2 aliphatic carbocycles. The molecule has 0 aliphatic heterocycles. The lowest BCUT2D eigenvalue weighted by molar-refractivity contribution is 0.156. The molecule has 2 aromatic rings. The number of fused-ring (bicyclic) bond motifs is 1. The lowest BCUT2D eigenvalue weighted by Crippen LogP contribution is -2.44. The molecule has 2 aliphatic rings. The molecule has 8 heteroatoms. The van der Waals surface area contributed by atoms with Gasteiger partial charge in [-0.1, -0.05) is 18.2 Å². The van der Waals surface area contributed by atoms with Crippen molar-refractivity contribution in [3.05, 3.63) is 80.6 Å². The second-order valence-corrected chi connectivity index (χ2v) is 8.97. The quantitative estimate of drug-likeness (QED) is 0.676. The Kier molecular flexibility index (Phi) is 6.04. The second kappa shape index (κ2) is 8.76. The number of halogens is 1. The number of aromatic nitrogens is 3. The van der Waals surface area contributed by atoms with E-state index >= 15 is 0 Å². The van der Waals surface area contributed by atoms with Gasteiger partial charge in [0.2, 0.25) is 5.95 Å². The van der Waals surface area contributed by atoms with Crippen LogP contribution in [0.5, 0.6) is 0 Å². The Balaban J connectivity index is 0.00000306. The van der Waals surface area contributed by atoms with Crippen LogP contribution in [0.4, 0.5) is 10.3 Å². The molecule has 1 aromatic carbocycles. The third-order valence-electron chi connectivity index (χ3n) is 5.87. The third-order valence-corrected chi connectivity index (χ3v) is 5.87. The van der Waals surface area contributed by atoms with Crippen LogP contribution >= 0.6 is 0 Å². The number of nitrogens with one attached hydrogen (secondary N) is 1. The molecule has 3 atom stereocenters. The van der Waals surface area contributed by atoms with Crippen LogP contribution in [0, 0.1) is 23.6 Å². The van der Waals surface area contributed by atoms with Crippen molar-refractivity contribution in [2.24, 2.45) is 17.8 Å². The molecule has 172 valence electrons. The van der Waals surface area contributed by atoms with E-state index in [9.17, 15) is 14.0 Å².